The van der Waals surface area contributed by atoms with Crippen molar-refractivity contribution in [2.24, 2.45) is 14.1 Å². The minimum absolute atomic E-state index is 0.242. The molecule has 1 aliphatic rings. The Hall–Kier alpha value is -3.17. The van der Waals surface area contributed by atoms with E-state index in [1.165, 1.54) is 11.2 Å². The van der Waals surface area contributed by atoms with E-state index in [1.54, 1.807) is 6.20 Å². The highest BCUT2D eigenvalue weighted by molar-refractivity contribution is 5.80. The number of rotatable bonds is 3. The van der Waals surface area contributed by atoms with Crippen LogP contribution in [0.5, 0.6) is 5.88 Å². The molecule has 4 heterocycles. The molecular weight excluding hydrogens is 338 g/mol. The van der Waals surface area contributed by atoms with Crippen LogP contribution in [0.3, 0.4) is 0 Å². The predicted molar refractivity (Wildman–Crippen MR) is 91.9 cm³/mol. The molecule has 26 heavy (non-hydrogen) atoms. The van der Waals surface area contributed by atoms with Crippen LogP contribution in [0.25, 0.3) is 22.7 Å². The Bertz CT molecular complexity index is 993. The van der Waals surface area contributed by atoms with Crippen molar-refractivity contribution in [1.82, 2.24) is 34.0 Å². The number of amides is 1. The predicted octanol–water partition coefficient (Wildman–Crippen LogP) is 1.20. The van der Waals surface area contributed by atoms with Crippen LogP contribution in [0.1, 0.15) is 12.2 Å². The van der Waals surface area contributed by atoms with Crippen LogP contribution in [-0.4, -0.2) is 64.4 Å². The molecule has 4 rings (SSSR count). The van der Waals surface area contributed by atoms with Crippen molar-refractivity contribution >= 4 is 17.3 Å². The summed E-state index contributed by atoms with van der Waals surface area (Å²) in [5.74, 6) is 1.97. The van der Waals surface area contributed by atoms with Crippen molar-refractivity contribution in [2.75, 3.05) is 13.1 Å². The Kier molecular flexibility index (Phi) is 3.74. The van der Waals surface area contributed by atoms with Gasteiger partial charge in [0.25, 0.3) is 0 Å². The highest BCUT2D eigenvalue weighted by Gasteiger charge is 2.29. The van der Waals surface area contributed by atoms with Gasteiger partial charge in [0.2, 0.25) is 5.88 Å². The largest absolute Gasteiger partial charge is 0.471 e. The summed E-state index contributed by atoms with van der Waals surface area (Å²) in [5.41, 5.74) is 2.07. The van der Waals surface area contributed by atoms with Gasteiger partial charge in [-0.25, -0.2) is 19.7 Å². The molecule has 0 aromatic carbocycles. The van der Waals surface area contributed by atoms with Gasteiger partial charge in [0.05, 0.1) is 12.7 Å². The molecular formula is C16H19N7O3. The standard InChI is InChI=1S/C16H19N7O3/c1-9-17-6-11(21(9)2)13-20-12-14(22(13)3)18-8-19-15(12)26-10-4-5-23(7-10)16(24)25/h6,8,10H,4-5,7H2,1-3H3,(H,24,25)/t10-/m0/s1. The zero-order valence-corrected chi connectivity index (χ0v) is 14.7. The van der Waals surface area contributed by atoms with Gasteiger partial charge in [0.1, 0.15) is 23.9 Å². The molecule has 0 bridgehead atoms. The number of carbonyl (C=O) groups is 1. The molecule has 1 aliphatic heterocycles. The van der Waals surface area contributed by atoms with Gasteiger partial charge < -0.3 is 23.9 Å². The van der Waals surface area contributed by atoms with Crippen molar-refractivity contribution in [3.05, 3.63) is 18.3 Å². The number of hydrogen-bond donors (Lipinski definition) is 1. The second-order valence-corrected chi connectivity index (χ2v) is 6.35. The summed E-state index contributed by atoms with van der Waals surface area (Å²) in [4.78, 5) is 29.9. The maximum Gasteiger partial charge on any atom is 0.407 e. The number of fused-ring (bicyclic) bond motifs is 1. The van der Waals surface area contributed by atoms with E-state index in [4.69, 9.17) is 9.84 Å². The molecule has 0 unspecified atom stereocenters. The fourth-order valence-electron chi connectivity index (χ4n) is 3.16. The lowest BCUT2D eigenvalue weighted by atomic mass is 10.3. The van der Waals surface area contributed by atoms with Gasteiger partial charge in [-0.1, -0.05) is 0 Å². The first-order valence-electron chi connectivity index (χ1n) is 8.26. The number of nitrogens with zero attached hydrogens (tertiary/aromatic N) is 7. The molecule has 1 saturated heterocycles. The minimum Gasteiger partial charge on any atom is -0.471 e. The van der Waals surface area contributed by atoms with Crippen molar-refractivity contribution in [3.63, 3.8) is 0 Å². The molecule has 3 aromatic rings. The van der Waals surface area contributed by atoms with Crippen LogP contribution in [0.2, 0.25) is 0 Å². The normalized spacial score (nSPS) is 17.2. The molecule has 1 atom stereocenters. The van der Waals surface area contributed by atoms with Gasteiger partial charge in [0, 0.05) is 27.1 Å². The summed E-state index contributed by atoms with van der Waals surface area (Å²) >= 11 is 0. The number of carboxylic acid groups (broad SMARTS) is 1. The van der Waals surface area contributed by atoms with Crippen LogP contribution < -0.4 is 4.74 Å². The van der Waals surface area contributed by atoms with E-state index >= 15 is 0 Å². The summed E-state index contributed by atoms with van der Waals surface area (Å²) in [5, 5.41) is 9.08. The topological polar surface area (TPSA) is 111 Å². The molecule has 10 heteroatoms. The number of imidazole rings is 2. The molecule has 10 nitrogen and oxygen atoms in total. The number of likely N-dealkylation sites (tertiary alicyclic amines) is 1. The average Bonchev–Trinajstić information content (AvgIpc) is 3.29. The SMILES string of the molecule is Cc1ncc(-c2nc3c(O[C@H]4CCN(C(=O)O)C4)ncnc3n2C)n1C. The lowest BCUT2D eigenvalue weighted by Crippen LogP contribution is -2.29. The van der Waals surface area contributed by atoms with E-state index in [-0.39, 0.29) is 6.10 Å². The third-order valence-corrected chi connectivity index (χ3v) is 4.77. The Morgan fingerprint density at radius 1 is 1.27 bits per heavy atom. The van der Waals surface area contributed by atoms with E-state index in [0.717, 1.165) is 11.5 Å². The summed E-state index contributed by atoms with van der Waals surface area (Å²) < 4.78 is 9.78. The van der Waals surface area contributed by atoms with Gasteiger partial charge in [0.15, 0.2) is 17.0 Å². The summed E-state index contributed by atoms with van der Waals surface area (Å²) in [7, 11) is 3.81. The zero-order chi connectivity index (χ0) is 18.4. The molecule has 1 amide bonds. The van der Waals surface area contributed by atoms with Crippen molar-refractivity contribution in [1.29, 1.82) is 0 Å². The van der Waals surface area contributed by atoms with Crippen molar-refractivity contribution < 1.29 is 14.6 Å². The average molecular weight is 357 g/mol. The van der Waals surface area contributed by atoms with Crippen molar-refractivity contribution in [2.45, 2.75) is 19.4 Å². The summed E-state index contributed by atoms with van der Waals surface area (Å²) in [6.45, 7) is 2.70. The Balaban J connectivity index is 1.70. The van der Waals surface area contributed by atoms with Crippen LogP contribution in [0.15, 0.2) is 12.5 Å². The molecule has 1 N–H and O–H groups in total. The van der Waals surface area contributed by atoms with Gasteiger partial charge in [-0.05, 0) is 6.92 Å². The third-order valence-electron chi connectivity index (χ3n) is 4.77. The van der Waals surface area contributed by atoms with E-state index in [2.05, 4.69) is 19.9 Å². The molecule has 0 radical (unpaired) electrons. The molecule has 1 fully saturated rings. The van der Waals surface area contributed by atoms with Gasteiger partial charge in [-0.2, -0.15) is 4.98 Å². The van der Waals surface area contributed by atoms with Crippen LogP contribution in [0.4, 0.5) is 4.79 Å². The molecule has 0 saturated carbocycles. The third kappa shape index (κ3) is 2.54. The maximum absolute atomic E-state index is 11.1. The van der Waals surface area contributed by atoms with Crippen LogP contribution in [-0.2, 0) is 14.1 Å². The van der Waals surface area contributed by atoms with Gasteiger partial charge in [-0.3, -0.25) is 0 Å². The van der Waals surface area contributed by atoms with E-state index in [1.807, 2.05) is 30.2 Å². The number of aromatic nitrogens is 6. The fourth-order valence-corrected chi connectivity index (χ4v) is 3.16. The summed E-state index contributed by atoms with van der Waals surface area (Å²) in [6.07, 6.45) is 2.65. The monoisotopic (exact) mass is 357 g/mol. The number of ether oxygens (including phenoxy) is 1. The van der Waals surface area contributed by atoms with E-state index in [0.29, 0.717) is 42.4 Å². The van der Waals surface area contributed by atoms with E-state index in [9.17, 15) is 4.79 Å². The second-order valence-electron chi connectivity index (χ2n) is 6.35. The Morgan fingerprint density at radius 3 is 2.73 bits per heavy atom. The van der Waals surface area contributed by atoms with Crippen LogP contribution >= 0.6 is 0 Å². The maximum atomic E-state index is 11.1. The smallest absolute Gasteiger partial charge is 0.407 e. The first kappa shape index (κ1) is 16.3. The quantitative estimate of drug-likeness (QED) is 0.750. The van der Waals surface area contributed by atoms with E-state index < -0.39 is 6.09 Å². The lowest BCUT2D eigenvalue weighted by Gasteiger charge is -2.13. The zero-order valence-electron chi connectivity index (χ0n) is 14.7. The second kappa shape index (κ2) is 5.97. The number of hydrogen-bond acceptors (Lipinski definition) is 6. The van der Waals surface area contributed by atoms with Gasteiger partial charge in [-0.15, -0.1) is 0 Å². The molecule has 0 spiro atoms. The first-order valence-corrected chi connectivity index (χ1v) is 8.26. The van der Waals surface area contributed by atoms with Crippen LogP contribution in [0, 0.1) is 6.92 Å². The molecule has 136 valence electrons. The lowest BCUT2D eigenvalue weighted by molar-refractivity contribution is 0.145. The Morgan fingerprint density at radius 2 is 2.08 bits per heavy atom. The minimum atomic E-state index is -0.935. The van der Waals surface area contributed by atoms with Gasteiger partial charge >= 0.3 is 6.09 Å². The molecule has 0 aliphatic carbocycles. The first-order chi connectivity index (χ1) is 12.5. The highest BCUT2D eigenvalue weighted by Crippen LogP contribution is 2.28. The Labute approximate surface area is 149 Å². The number of aryl methyl sites for hydroxylation is 2. The highest BCUT2D eigenvalue weighted by atomic mass is 16.5. The fraction of sp³-hybridized carbons (Fsp3) is 0.438. The van der Waals surface area contributed by atoms with Crippen molar-refractivity contribution in [3.8, 4) is 17.4 Å². The summed E-state index contributed by atoms with van der Waals surface area (Å²) in [6, 6.07) is 0. The molecule has 3 aromatic heterocycles.